The Hall–Kier alpha value is -1.78. The standard InChI is InChI=1S/C11H15N5/c1-15-6-8(12)11(14-15)16-7-13-9-4-2-3-5-10(9)16/h6-7H,2-5,12H2,1H3. The zero-order valence-electron chi connectivity index (χ0n) is 9.35. The lowest BCUT2D eigenvalue weighted by molar-refractivity contribution is 0.651. The van der Waals surface area contributed by atoms with Crippen LogP contribution in [0.3, 0.4) is 0 Å². The van der Waals surface area contributed by atoms with Crippen LogP contribution in [-0.2, 0) is 19.9 Å². The van der Waals surface area contributed by atoms with Crippen LogP contribution in [0.5, 0.6) is 0 Å². The van der Waals surface area contributed by atoms with Crippen LogP contribution in [0.15, 0.2) is 12.5 Å². The third-order valence-corrected chi connectivity index (χ3v) is 3.09. The van der Waals surface area contributed by atoms with Crippen molar-refractivity contribution in [1.29, 1.82) is 0 Å². The second-order valence-electron chi connectivity index (χ2n) is 4.30. The van der Waals surface area contributed by atoms with E-state index >= 15 is 0 Å². The number of anilines is 1. The monoisotopic (exact) mass is 217 g/mol. The smallest absolute Gasteiger partial charge is 0.183 e. The summed E-state index contributed by atoms with van der Waals surface area (Å²) in [5.41, 5.74) is 9.12. The Labute approximate surface area is 93.9 Å². The van der Waals surface area contributed by atoms with Gasteiger partial charge >= 0.3 is 0 Å². The number of aromatic nitrogens is 4. The summed E-state index contributed by atoms with van der Waals surface area (Å²) in [6.45, 7) is 0. The van der Waals surface area contributed by atoms with Gasteiger partial charge in [-0.2, -0.15) is 5.10 Å². The van der Waals surface area contributed by atoms with Crippen molar-refractivity contribution in [3.63, 3.8) is 0 Å². The van der Waals surface area contributed by atoms with Crippen molar-refractivity contribution in [2.45, 2.75) is 25.7 Å². The maximum absolute atomic E-state index is 5.93. The Morgan fingerprint density at radius 2 is 2.12 bits per heavy atom. The zero-order valence-corrected chi connectivity index (χ0v) is 9.35. The number of nitrogens with two attached hydrogens (primary N) is 1. The van der Waals surface area contributed by atoms with Crippen LogP contribution in [0, 0.1) is 0 Å². The van der Waals surface area contributed by atoms with Crippen molar-refractivity contribution in [3.8, 4) is 5.82 Å². The van der Waals surface area contributed by atoms with Crippen molar-refractivity contribution in [1.82, 2.24) is 19.3 Å². The molecule has 16 heavy (non-hydrogen) atoms. The summed E-state index contributed by atoms with van der Waals surface area (Å²) in [7, 11) is 1.88. The highest BCUT2D eigenvalue weighted by Crippen LogP contribution is 2.24. The van der Waals surface area contributed by atoms with E-state index in [0.29, 0.717) is 5.69 Å². The molecule has 0 amide bonds. The molecule has 2 aromatic heterocycles. The zero-order chi connectivity index (χ0) is 11.1. The molecule has 0 radical (unpaired) electrons. The van der Waals surface area contributed by atoms with Crippen LogP contribution in [0.1, 0.15) is 24.2 Å². The quantitative estimate of drug-likeness (QED) is 0.777. The lowest BCUT2D eigenvalue weighted by atomic mass is 10.0. The topological polar surface area (TPSA) is 61.7 Å². The molecule has 2 heterocycles. The van der Waals surface area contributed by atoms with Crippen LogP contribution in [0.25, 0.3) is 5.82 Å². The molecule has 1 aliphatic rings. The molecule has 5 nitrogen and oxygen atoms in total. The van der Waals surface area contributed by atoms with Gasteiger partial charge in [0.15, 0.2) is 5.82 Å². The molecule has 0 saturated carbocycles. The minimum Gasteiger partial charge on any atom is -0.394 e. The van der Waals surface area contributed by atoms with E-state index < -0.39 is 0 Å². The molecule has 2 aromatic rings. The van der Waals surface area contributed by atoms with Gasteiger partial charge in [-0.3, -0.25) is 9.25 Å². The predicted molar refractivity (Wildman–Crippen MR) is 61.4 cm³/mol. The fourth-order valence-electron chi connectivity index (χ4n) is 2.33. The molecule has 0 bridgehead atoms. The van der Waals surface area contributed by atoms with Crippen molar-refractivity contribution < 1.29 is 0 Å². The van der Waals surface area contributed by atoms with Gasteiger partial charge in [-0.15, -0.1) is 0 Å². The molecule has 1 aliphatic carbocycles. The Balaban J connectivity index is 2.13. The predicted octanol–water partition coefficient (Wildman–Crippen LogP) is 1.07. The highest BCUT2D eigenvalue weighted by Gasteiger charge is 2.18. The van der Waals surface area contributed by atoms with Gasteiger partial charge in [0.1, 0.15) is 6.33 Å². The van der Waals surface area contributed by atoms with E-state index in [0.717, 1.165) is 18.7 Å². The summed E-state index contributed by atoms with van der Waals surface area (Å²) in [6.07, 6.45) is 8.28. The summed E-state index contributed by atoms with van der Waals surface area (Å²) in [5, 5.41) is 4.38. The summed E-state index contributed by atoms with van der Waals surface area (Å²) < 4.78 is 3.77. The van der Waals surface area contributed by atoms with Gasteiger partial charge in [0.05, 0.1) is 11.4 Å². The average molecular weight is 217 g/mol. The number of aryl methyl sites for hydroxylation is 2. The molecule has 3 rings (SSSR count). The molecule has 0 aromatic carbocycles. The minimum atomic E-state index is 0.702. The molecular weight excluding hydrogens is 202 g/mol. The van der Waals surface area contributed by atoms with Gasteiger partial charge in [-0.1, -0.05) is 0 Å². The van der Waals surface area contributed by atoms with E-state index in [1.807, 2.05) is 24.1 Å². The van der Waals surface area contributed by atoms with Gasteiger partial charge in [-0.25, -0.2) is 4.98 Å². The maximum atomic E-state index is 5.93. The Morgan fingerprint density at radius 1 is 1.31 bits per heavy atom. The van der Waals surface area contributed by atoms with E-state index in [1.165, 1.54) is 24.2 Å². The Morgan fingerprint density at radius 3 is 2.88 bits per heavy atom. The first-order valence-electron chi connectivity index (χ1n) is 5.60. The summed E-state index contributed by atoms with van der Waals surface area (Å²) in [5.74, 6) is 0.804. The van der Waals surface area contributed by atoms with Gasteiger partial charge in [-0.05, 0) is 25.7 Å². The summed E-state index contributed by atoms with van der Waals surface area (Å²) in [4.78, 5) is 4.44. The molecular formula is C11H15N5. The van der Waals surface area contributed by atoms with E-state index in [9.17, 15) is 0 Å². The van der Waals surface area contributed by atoms with Gasteiger partial charge in [0, 0.05) is 18.9 Å². The number of nitrogens with zero attached hydrogens (tertiary/aromatic N) is 4. The molecule has 0 unspecified atom stereocenters. The summed E-state index contributed by atoms with van der Waals surface area (Å²) in [6, 6.07) is 0. The molecule has 0 saturated heterocycles. The highest BCUT2D eigenvalue weighted by atomic mass is 15.3. The number of imidazole rings is 1. The first kappa shape index (κ1) is 9.45. The summed E-state index contributed by atoms with van der Waals surface area (Å²) >= 11 is 0. The average Bonchev–Trinajstić information content (AvgIpc) is 2.81. The number of nitrogen functional groups attached to an aromatic ring is 1. The fraction of sp³-hybridized carbons (Fsp3) is 0.455. The molecule has 0 aliphatic heterocycles. The molecule has 0 fully saturated rings. The number of hydrogen-bond acceptors (Lipinski definition) is 3. The molecule has 0 spiro atoms. The van der Waals surface area contributed by atoms with Crippen LogP contribution in [0.2, 0.25) is 0 Å². The SMILES string of the molecule is Cn1cc(N)c(-n2cnc3c2CCCC3)n1. The van der Waals surface area contributed by atoms with E-state index in [-0.39, 0.29) is 0 Å². The van der Waals surface area contributed by atoms with E-state index in [1.54, 1.807) is 4.68 Å². The van der Waals surface area contributed by atoms with Gasteiger partial charge in [0.2, 0.25) is 0 Å². The molecule has 5 heteroatoms. The van der Waals surface area contributed by atoms with Crippen molar-refractivity contribution in [3.05, 3.63) is 23.9 Å². The van der Waals surface area contributed by atoms with E-state index in [4.69, 9.17) is 5.73 Å². The lowest BCUT2D eigenvalue weighted by Gasteiger charge is -2.12. The van der Waals surface area contributed by atoms with Gasteiger partial charge in [0.25, 0.3) is 0 Å². The van der Waals surface area contributed by atoms with Crippen LogP contribution in [0.4, 0.5) is 5.69 Å². The second-order valence-corrected chi connectivity index (χ2v) is 4.30. The van der Waals surface area contributed by atoms with Crippen molar-refractivity contribution >= 4 is 5.69 Å². The maximum Gasteiger partial charge on any atom is 0.183 e. The Bertz CT molecular complexity index is 522. The number of fused-ring (bicyclic) bond motifs is 1. The fourth-order valence-corrected chi connectivity index (χ4v) is 2.33. The lowest BCUT2D eigenvalue weighted by Crippen LogP contribution is -2.08. The highest BCUT2D eigenvalue weighted by molar-refractivity contribution is 5.52. The number of hydrogen-bond donors (Lipinski definition) is 1. The molecule has 0 atom stereocenters. The largest absolute Gasteiger partial charge is 0.394 e. The first-order chi connectivity index (χ1) is 7.75. The van der Waals surface area contributed by atoms with E-state index in [2.05, 4.69) is 10.1 Å². The van der Waals surface area contributed by atoms with Crippen LogP contribution >= 0.6 is 0 Å². The minimum absolute atomic E-state index is 0.702. The Kier molecular flexibility index (Phi) is 1.99. The van der Waals surface area contributed by atoms with Crippen molar-refractivity contribution in [2.24, 2.45) is 7.05 Å². The molecule has 2 N–H and O–H groups in total. The van der Waals surface area contributed by atoms with Gasteiger partial charge < -0.3 is 5.73 Å². The second kappa shape index (κ2) is 3.37. The third-order valence-electron chi connectivity index (χ3n) is 3.09. The number of rotatable bonds is 1. The van der Waals surface area contributed by atoms with Crippen molar-refractivity contribution in [2.75, 3.05) is 5.73 Å². The molecule has 84 valence electrons. The van der Waals surface area contributed by atoms with Crippen LogP contribution in [-0.4, -0.2) is 19.3 Å². The first-order valence-corrected chi connectivity index (χ1v) is 5.60. The van der Waals surface area contributed by atoms with Crippen LogP contribution < -0.4 is 5.73 Å². The third kappa shape index (κ3) is 1.31. The normalized spacial score (nSPS) is 15.1.